The molecule has 3 rings (SSSR count). The fourth-order valence-corrected chi connectivity index (χ4v) is 4.03. The zero-order valence-corrected chi connectivity index (χ0v) is 20.4. The SMILES string of the molecule is COc1ccc(OC)c(C(=O)/C=C/c2ccc(OC)c(COc3c(Cl)cc(Cl)cc3Cl)c2)c1. The maximum absolute atomic E-state index is 12.8. The van der Waals surface area contributed by atoms with E-state index in [0.29, 0.717) is 43.6 Å². The van der Waals surface area contributed by atoms with E-state index < -0.39 is 0 Å². The number of benzene rings is 3. The monoisotopic (exact) mass is 506 g/mol. The summed E-state index contributed by atoms with van der Waals surface area (Å²) in [6, 6.07) is 13.6. The molecule has 3 aromatic carbocycles. The van der Waals surface area contributed by atoms with Crippen molar-refractivity contribution in [3.05, 3.63) is 86.4 Å². The van der Waals surface area contributed by atoms with E-state index >= 15 is 0 Å². The first-order chi connectivity index (χ1) is 15.9. The van der Waals surface area contributed by atoms with Crippen molar-refractivity contribution in [3.8, 4) is 23.0 Å². The number of hydrogen-bond acceptors (Lipinski definition) is 5. The summed E-state index contributed by atoms with van der Waals surface area (Å²) < 4.78 is 21.8. The van der Waals surface area contributed by atoms with Crippen LogP contribution in [0.4, 0.5) is 0 Å². The minimum atomic E-state index is -0.223. The topological polar surface area (TPSA) is 54.0 Å². The Balaban J connectivity index is 1.82. The highest BCUT2D eigenvalue weighted by atomic mass is 35.5. The van der Waals surface area contributed by atoms with Gasteiger partial charge in [0.25, 0.3) is 0 Å². The standard InChI is InChI=1S/C25H21Cl3O5/c1-30-18-6-9-24(32-3)19(13-18)22(29)7-4-15-5-8-23(31-2)16(10-15)14-33-25-20(27)11-17(26)12-21(25)28/h4-13H,14H2,1-3H3/b7-4+. The molecule has 0 aliphatic heterocycles. The second-order valence-electron chi connectivity index (χ2n) is 6.82. The van der Waals surface area contributed by atoms with Crippen LogP contribution in [-0.4, -0.2) is 27.1 Å². The summed E-state index contributed by atoms with van der Waals surface area (Å²) in [6.45, 7) is 0.142. The second-order valence-corrected chi connectivity index (χ2v) is 8.07. The predicted octanol–water partition coefficient (Wildman–Crippen LogP) is 7.15. The van der Waals surface area contributed by atoms with E-state index in [1.807, 2.05) is 12.1 Å². The molecule has 3 aromatic rings. The van der Waals surface area contributed by atoms with Gasteiger partial charge in [-0.2, -0.15) is 0 Å². The van der Waals surface area contributed by atoms with Crippen molar-refractivity contribution in [2.24, 2.45) is 0 Å². The Labute approximate surface area is 207 Å². The third-order valence-corrected chi connectivity index (χ3v) is 5.52. The van der Waals surface area contributed by atoms with Gasteiger partial charge in [-0.15, -0.1) is 0 Å². The van der Waals surface area contributed by atoms with Crippen LogP contribution in [0.15, 0.2) is 54.6 Å². The Morgan fingerprint density at radius 1 is 0.848 bits per heavy atom. The number of ether oxygens (including phenoxy) is 4. The van der Waals surface area contributed by atoms with Gasteiger partial charge in [-0.25, -0.2) is 0 Å². The van der Waals surface area contributed by atoms with Crippen molar-refractivity contribution in [1.29, 1.82) is 0 Å². The number of carbonyl (C=O) groups is 1. The fraction of sp³-hybridized carbons (Fsp3) is 0.160. The number of ketones is 1. The van der Waals surface area contributed by atoms with Crippen molar-refractivity contribution in [1.82, 2.24) is 0 Å². The molecule has 0 fully saturated rings. The molecule has 172 valence electrons. The molecule has 5 nitrogen and oxygen atoms in total. The Bertz CT molecular complexity index is 1170. The van der Waals surface area contributed by atoms with Gasteiger partial charge in [0, 0.05) is 10.6 Å². The number of allylic oxidation sites excluding steroid dienone is 1. The van der Waals surface area contributed by atoms with Gasteiger partial charge in [0.05, 0.1) is 36.9 Å². The molecule has 0 N–H and O–H groups in total. The number of carbonyl (C=O) groups excluding carboxylic acids is 1. The van der Waals surface area contributed by atoms with Crippen LogP contribution in [0.3, 0.4) is 0 Å². The Hall–Kier alpha value is -2.86. The molecule has 0 spiro atoms. The van der Waals surface area contributed by atoms with Crippen molar-refractivity contribution in [2.75, 3.05) is 21.3 Å². The summed E-state index contributed by atoms with van der Waals surface area (Å²) in [4.78, 5) is 12.8. The average molecular weight is 508 g/mol. The largest absolute Gasteiger partial charge is 0.497 e. The third kappa shape index (κ3) is 6.14. The molecule has 0 aliphatic carbocycles. The first-order valence-corrected chi connectivity index (χ1v) is 10.9. The summed E-state index contributed by atoms with van der Waals surface area (Å²) in [5.41, 5.74) is 1.92. The quantitative estimate of drug-likeness (QED) is 0.227. The van der Waals surface area contributed by atoms with E-state index in [1.165, 1.54) is 20.3 Å². The zero-order chi connectivity index (χ0) is 24.0. The average Bonchev–Trinajstić information content (AvgIpc) is 2.81. The molecule has 0 atom stereocenters. The minimum absolute atomic E-state index is 0.142. The Morgan fingerprint density at radius 3 is 2.15 bits per heavy atom. The summed E-state index contributed by atoms with van der Waals surface area (Å²) >= 11 is 18.4. The van der Waals surface area contributed by atoms with Gasteiger partial charge in [-0.05, 0) is 54.1 Å². The molecule has 0 aliphatic rings. The molecule has 33 heavy (non-hydrogen) atoms. The van der Waals surface area contributed by atoms with E-state index in [0.717, 1.165) is 11.1 Å². The highest BCUT2D eigenvalue weighted by Gasteiger charge is 2.13. The molecule has 0 saturated carbocycles. The number of halogens is 3. The van der Waals surface area contributed by atoms with E-state index in [4.69, 9.17) is 53.8 Å². The molecule has 0 unspecified atom stereocenters. The first kappa shape index (κ1) is 24.8. The van der Waals surface area contributed by atoms with Crippen LogP contribution in [-0.2, 0) is 6.61 Å². The van der Waals surface area contributed by atoms with Gasteiger partial charge in [0.2, 0.25) is 0 Å². The van der Waals surface area contributed by atoms with Crippen molar-refractivity contribution in [2.45, 2.75) is 6.61 Å². The lowest BCUT2D eigenvalue weighted by molar-refractivity contribution is 0.104. The molecule has 8 heteroatoms. The number of methoxy groups -OCH3 is 3. The summed E-state index contributed by atoms with van der Waals surface area (Å²) in [5, 5.41) is 1.03. The Kier molecular flexibility index (Phi) is 8.50. The second kappa shape index (κ2) is 11.3. The molecular formula is C25H21Cl3O5. The normalized spacial score (nSPS) is 10.8. The molecule has 0 aromatic heterocycles. The van der Waals surface area contributed by atoms with Crippen LogP contribution in [0, 0.1) is 0 Å². The van der Waals surface area contributed by atoms with Crippen LogP contribution in [0.5, 0.6) is 23.0 Å². The molecule has 0 saturated heterocycles. The molecule has 0 amide bonds. The zero-order valence-electron chi connectivity index (χ0n) is 18.2. The maximum Gasteiger partial charge on any atom is 0.189 e. The smallest absolute Gasteiger partial charge is 0.189 e. The summed E-state index contributed by atoms with van der Waals surface area (Å²) in [6.07, 6.45) is 3.17. The van der Waals surface area contributed by atoms with Gasteiger partial charge in [0.15, 0.2) is 11.5 Å². The lowest BCUT2D eigenvalue weighted by Gasteiger charge is -2.13. The van der Waals surface area contributed by atoms with Crippen LogP contribution >= 0.6 is 34.8 Å². The first-order valence-electron chi connectivity index (χ1n) is 9.75. The van der Waals surface area contributed by atoms with Crippen LogP contribution in [0.2, 0.25) is 15.1 Å². The molecule has 0 bridgehead atoms. The molecule has 0 heterocycles. The lowest BCUT2D eigenvalue weighted by atomic mass is 10.1. The van der Waals surface area contributed by atoms with Gasteiger partial charge >= 0.3 is 0 Å². The van der Waals surface area contributed by atoms with Crippen LogP contribution in [0.25, 0.3) is 6.08 Å². The highest BCUT2D eigenvalue weighted by molar-refractivity contribution is 6.40. The van der Waals surface area contributed by atoms with Crippen molar-refractivity contribution >= 4 is 46.7 Å². The van der Waals surface area contributed by atoms with Crippen LogP contribution in [0.1, 0.15) is 21.5 Å². The summed E-state index contributed by atoms with van der Waals surface area (Å²) in [7, 11) is 4.61. The van der Waals surface area contributed by atoms with Crippen LogP contribution < -0.4 is 18.9 Å². The third-order valence-electron chi connectivity index (χ3n) is 4.74. The predicted molar refractivity (Wildman–Crippen MR) is 132 cm³/mol. The van der Waals surface area contributed by atoms with Gasteiger partial charge in [-0.1, -0.05) is 46.9 Å². The van der Waals surface area contributed by atoms with E-state index in [1.54, 1.807) is 49.6 Å². The van der Waals surface area contributed by atoms with E-state index in [9.17, 15) is 4.79 Å². The van der Waals surface area contributed by atoms with Gasteiger partial charge < -0.3 is 18.9 Å². The molecule has 0 radical (unpaired) electrons. The van der Waals surface area contributed by atoms with E-state index in [2.05, 4.69) is 0 Å². The van der Waals surface area contributed by atoms with Crippen molar-refractivity contribution < 1.29 is 23.7 Å². The highest BCUT2D eigenvalue weighted by Crippen LogP contribution is 2.37. The summed E-state index contributed by atoms with van der Waals surface area (Å²) in [5.74, 6) is 1.75. The number of hydrogen-bond donors (Lipinski definition) is 0. The maximum atomic E-state index is 12.8. The van der Waals surface area contributed by atoms with Gasteiger partial charge in [-0.3, -0.25) is 4.79 Å². The number of rotatable bonds is 9. The van der Waals surface area contributed by atoms with E-state index in [-0.39, 0.29) is 12.4 Å². The fourth-order valence-electron chi connectivity index (χ4n) is 3.10. The Morgan fingerprint density at radius 2 is 1.52 bits per heavy atom. The van der Waals surface area contributed by atoms with Gasteiger partial charge in [0.1, 0.15) is 23.9 Å². The van der Waals surface area contributed by atoms with Crippen molar-refractivity contribution in [3.63, 3.8) is 0 Å². The minimum Gasteiger partial charge on any atom is -0.497 e. The lowest BCUT2D eigenvalue weighted by Crippen LogP contribution is -2.01. The molecular weight excluding hydrogens is 487 g/mol.